The Bertz CT molecular complexity index is 2150. The number of para-hydroxylation sites is 6. The van der Waals surface area contributed by atoms with Gasteiger partial charge in [-0.25, -0.2) is 0 Å². The molecule has 6 aromatic rings. The van der Waals surface area contributed by atoms with Crippen LogP contribution in [0.1, 0.15) is 26.7 Å². The molecular weight excluding hydrogens is 992 g/mol. The van der Waals surface area contributed by atoms with E-state index in [0.717, 1.165) is 11.4 Å². The van der Waals surface area contributed by atoms with Gasteiger partial charge in [0, 0.05) is 0 Å². The van der Waals surface area contributed by atoms with Crippen LogP contribution in [0.25, 0.3) is 0 Å². The first kappa shape index (κ1) is 47.9. The third-order valence-corrected chi connectivity index (χ3v) is 19.2. The normalized spacial score (nSPS) is 13.2. The Hall–Kier alpha value is -4.59. The van der Waals surface area contributed by atoms with Gasteiger partial charge in [-0.3, -0.25) is 0 Å². The Morgan fingerprint density at radius 2 is 0.714 bits per heavy atom. The van der Waals surface area contributed by atoms with E-state index in [0.29, 0.717) is 35.8 Å². The van der Waals surface area contributed by atoms with Gasteiger partial charge in [0.05, 0.1) is 0 Å². The molecule has 17 heteroatoms. The van der Waals surface area contributed by atoms with Gasteiger partial charge in [0.25, 0.3) is 0 Å². The Labute approximate surface area is 394 Å². The second-order valence-electron chi connectivity index (χ2n) is 14.3. The van der Waals surface area contributed by atoms with Gasteiger partial charge in [0.2, 0.25) is 0 Å². The van der Waals surface area contributed by atoms with Crippen LogP contribution in [0.4, 0.5) is 11.4 Å². The summed E-state index contributed by atoms with van der Waals surface area (Å²) in [6.45, 7) is 4.14. The molecule has 11 nitrogen and oxygen atoms in total. The molecule has 4 N–H and O–H groups in total. The van der Waals surface area contributed by atoms with Gasteiger partial charge in [-0.15, -0.1) is 0 Å². The number of hydrogen-bond acceptors (Lipinski definition) is 9. The van der Waals surface area contributed by atoms with Crippen molar-refractivity contribution < 1.29 is 30.0 Å². The zero-order valence-electron chi connectivity index (χ0n) is 34.6. The van der Waals surface area contributed by atoms with Crippen molar-refractivity contribution in [3.05, 3.63) is 182 Å². The third kappa shape index (κ3) is 15.9. The number of nitrogens with one attached hydrogen (secondary N) is 4. The van der Waals surface area contributed by atoms with E-state index in [-0.39, 0.29) is 19.7 Å². The van der Waals surface area contributed by atoms with Crippen LogP contribution in [0.15, 0.2) is 182 Å². The summed E-state index contributed by atoms with van der Waals surface area (Å²) in [7, 11) is -8.04. The van der Waals surface area contributed by atoms with Crippen LogP contribution in [-0.4, -0.2) is 53.3 Å². The molecule has 0 fully saturated rings. The average molecular weight is 1040 g/mol. The van der Waals surface area contributed by atoms with Crippen molar-refractivity contribution in [2.75, 3.05) is 10.6 Å². The first-order valence-corrected chi connectivity index (χ1v) is 28.3. The van der Waals surface area contributed by atoms with E-state index in [1.54, 1.807) is 48.5 Å². The number of hydrogen-bond donors (Lipinski definition) is 4. The van der Waals surface area contributed by atoms with E-state index < -0.39 is 58.3 Å². The van der Waals surface area contributed by atoms with E-state index >= 15 is 9.13 Å². The predicted molar refractivity (Wildman–Crippen MR) is 263 cm³/mol. The maximum absolute atomic E-state index is 15.2. The zero-order chi connectivity index (χ0) is 44.3. The fourth-order valence-electron chi connectivity index (χ4n) is 6.02. The second-order valence-corrected chi connectivity index (χ2v) is 27.0. The summed E-state index contributed by atoms with van der Waals surface area (Å²) in [6.07, 6.45) is 0.728. The Morgan fingerprint density at radius 1 is 0.460 bits per heavy atom. The molecule has 324 valence electrons. The molecule has 0 aliphatic heterocycles. The molecule has 0 amide bonds. The predicted octanol–water partition coefficient (Wildman–Crippen LogP) is 12.0. The molecule has 0 spiro atoms. The van der Waals surface area contributed by atoms with Crippen LogP contribution in [0.3, 0.4) is 0 Å². The van der Waals surface area contributed by atoms with Gasteiger partial charge in [0.15, 0.2) is 0 Å². The van der Waals surface area contributed by atoms with E-state index in [4.69, 9.17) is 45.3 Å². The summed E-state index contributed by atoms with van der Waals surface area (Å²) in [5.41, 5.74) is 1.55. The number of rotatable bonds is 22. The van der Waals surface area contributed by atoms with E-state index in [2.05, 4.69) is 35.1 Å². The van der Waals surface area contributed by atoms with Crippen molar-refractivity contribution in [2.45, 2.75) is 47.8 Å². The first-order valence-electron chi connectivity index (χ1n) is 20.2. The molecule has 0 saturated heterocycles. The van der Waals surface area contributed by atoms with Gasteiger partial charge in [0.1, 0.15) is 0 Å². The zero-order valence-corrected chi connectivity index (χ0v) is 42.2. The van der Waals surface area contributed by atoms with Crippen molar-refractivity contribution in [3.8, 4) is 23.0 Å². The number of benzene rings is 6. The molecule has 0 aromatic heterocycles. The van der Waals surface area contributed by atoms with Crippen LogP contribution in [0, 0.1) is 0 Å². The van der Waals surface area contributed by atoms with Crippen molar-refractivity contribution in [3.63, 3.8) is 0 Å². The van der Waals surface area contributed by atoms with Gasteiger partial charge >= 0.3 is 397 Å². The SMILES string of the molecule is C[CH](CC(NC(=S)Nc1ccccc1)P(=O)(Oc1ccccc1)Oc1ccccc1)[Ge][O][Ge][CH](C)CC(NC(=S)Nc1ccccc1)P(=O)(Oc1ccccc1)Oc1ccccc1. The Balaban J connectivity index is 1.18. The van der Waals surface area contributed by atoms with Gasteiger partial charge in [-0.05, 0) is 0 Å². The molecule has 63 heavy (non-hydrogen) atoms. The Kier molecular flexibility index (Phi) is 18.6. The van der Waals surface area contributed by atoms with Crippen molar-refractivity contribution in [2.24, 2.45) is 0 Å². The molecule has 0 bridgehead atoms. The van der Waals surface area contributed by atoms with Crippen molar-refractivity contribution in [1.82, 2.24) is 10.6 Å². The summed E-state index contributed by atoms with van der Waals surface area (Å²) in [6, 6.07) is 54.9. The molecule has 6 aromatic carbocycles. The van der Waals surface area contributed by atoms with Crippen LogP contribution >= 0.6 is 39.6 Å². The molecule has 0 aliphatic carbocycles. The maximum atomic E-state index is 15.2. The molecule has 4 radical (unpaired) electrons. The average Bonchev–Trinajstić information content (AvgIpc) is 3.28. The second kappa shape index (κ2) is 24.5. The van der Waals surface area contributed by atoms with E-state index in [1.165, 1.54) is 0 Å². The topological polar surface area (TPSA) is 128 Å². The van der Waals surface area contributed by atoms with E-state index in [1.807, 2.05) is 133 Å². The van der Waals surface area contributed by atoms with Crippen LogP contribution in [0.5, 0.6) is 23.0 Å². The standard InChI is InChI=1S/C46H48Ge2N4O7P2S2/c1-35(33-43(51-45(62)49-37-21-9-3-10-22-37)60(53,55-39-25-13-5-14-26-39)56-40-27-15-6-16-28-40)47-59-48-36(2)34-44(52-46(63)50-38-23-11-4-12-24-38)61(54,57-41-29-17-7-18-30-41)58-42-31-19-8-20-32-42/h3-32,35-36,43-44H,33-34H2,1-2H3,(H2,49,51,62)(H2,50,52,63). The summed E-state index contributed by atoms with van der Waals surface area (Å²) in [4.78, 5) is 0. The fraction of sp³-hybridized carbons (Fsp3) is 0.174. The first-order chi connectivity index (χ1) is 30.5. The minimum atomic E-state index is -4.02. The summed E-state index contributed by atoms with van der Waals surface area (Å²) >= 11 is 9.39. The molecule has 4 atom stereocenters. The van der Waals surface area contributed by atoms with Crippen LogP contribution in [0.2, 0.25) is 9.50 Å². The van der Waals surface area contributed by atoms with E-state index in [9.17, 15) is 0 Å². The Morgan fingerprint density at radius 3 is 0.984 bits per heavy atom. The minimum absolute atomic E-state index is 0.0180. The van der Waals surface area contributed by atoms with Crippen LogP contribution in [-0.2, 0) is 11.9 Å². The third-order valence-electron chi connectivity index (χ3n) is 9.00. The molecular formula is C46H48Ge2N4O7P2S2. The molecule has 0 aliphatic rings. The monoisotopic (exact) mass is 1040 g/mol. The molecule has 4 unspecified atom stereocenters. The van der Waals surface area contributed by atoms with Crippen molar-refractivity contribution >= 4 is 92.8 Å². The van der Waals surface area contributed by atoms with Gasteiger partial charge in [-0.2, -0.15) is 0 Å². The van der Waals surface area contributed by atoms with Gasteiger partial charge < -0.3 is 0 Å². The van der Waals surface area contributed by atoms with Crippen molar-refractivity contribution in [1.29, 1.82) is 0 Å². The molecule has 0 saturated carbocycles. The summed E-state index contributed by atoms with van der Waals surface area (Å²) in [5, 5.41) is 13.5. The fourth-order valence-corrected chi connectivity index (χ4v) is 19.0. The molecule has 0 heterocycles. The van der Waals surface area contributed by atoms with Gasteiger partial charge in [-0.1, -0.05) is 0 Å². The summed E-state index contributed by atoms with van der Waals surface area (Å²) in [5.74, 6) is -0.113. The number of thiocarbonyl (C=S) groups is 2. The van der Waals surface area contributed by atoms with Crippen LogP contribution < -0.4 is 39.4 Å². The quantitative estimate of drug-likeness (QED) is 0.0293. The molecule has 6 rings (SSSR count). The number of anilines is 2. The summed E-state index contributed by atoms with van der Waals surface area (Å²) < 4.78 is 62.0.